The highest BCUT2D eigenvalue weighted by molar-refractivity contribution is 5.92. The molecule has 0 fully saturated rings. The lowest BCUT2D eigenvalue weighted by Crippen LogP contribution is -2.37. The van der Waals surface area contributed by atoms with Gasteiger partial charge in [-0.3, -0.25) is 4.79 Å². The molecule has 0 radical (unpaired) electrons. The van der Waals surface area contributed by atoms with Crippen LogP contribution in [0.3, 0.4) is 0 Å². The molecule has 0 aliphatic rings. The van der Waals surface area contributed by atoms with E-state index in [1.54, 1.807) is 17.1 Å². The zero-order valence-electron chi connectivity index (χ0n) is 13.1. The average molecular weight is 285 g/mol. The molecule has 0 unspecified atom stereocenters. The Morgan fingerprint density at radius 2 is 2.00 bits per heavy atom. The second kappa shape index (κ2) is 6.12. The van der Waals surface area contributed by atoms with E-state index in [0.717, 1.165) is 6.42 Å². The van der Waals surface area contributed by atoms with Crippen molar-refractivity contribution in [3.8, 4) is 0 Å². The van der Waals surface area contributed by atoms with Crippen molar-refractivity contribution in [3.05, 3.63) is 54.1 Å². The van der Waals surface area contributed by atoms with Crippen LogP contribution < -0.4 is 5.32 Å². The van der Waals surface area contributed by atoms with Crippen molar-refractivity contribution in [1.29, 1.82) is 0 Å². The van der Waals surface area contributed by atoms with E-state index in [1.807, 2.05) is 20.0 Å². The molecule has 1 amide bonds. The van der Waals surface area contributed by atoms with Gasteiger partial charge in [-0.15, -0.1) is 0 Å². The zero-order valence-corrected chi connectivity index (χ0v) is 13.1. The number of rotatable bonds is 5. The van der Waals surface area contributed by atoms with Gasteiger partial charge in [0.1, 0.15) is 5.69 Å². The van der Waals surface area contributed by atoms with Crippen LogP contribution in [0.5, 0.6) is 0 Å². The number of aromatic nitrogens is 2. The van der Waals surface area contributed by atoms with Gasteiger partial charge in [-0.25, -0.2) is 4.98 Å². The van der Waals surface area contributed by atoms with Gasteiger partial charge in [0.25, 0.3) is 5.91 Å². The molecular weight excluding hydrogens is 262 g/mol. The summed E-state index contributed by atoms with van der Waals surface area (Å²) in [6.07, 6.45) is 4.10. The molecule has 0 saturated carbocycles. The highest BCUT2D eigenvalue weighted by Crippen LogP contribution is 2.28. The van der Waals surface area contributed by atoms with E-state index >= 15 is 0 Å². The van der Waals surface area contributed by atoms with E-state index in [1.165, 1.54) is 5.56 Å². The summed E-state index contributed by atoms with van der Waals surface area (Å²) < 4.78 is 1.73. The van der Waals surface area contributed by atoms with Crippen molar-refractivity contribution >= 4 is 5.91 Å². The molecular formula is C17H23N3O. The van der Waals surface area contributed by atoms with Crippen LogP contribution in [-0.2, 0) is 12.5 Å². The van der Waals surface area contributed by atoms with E-state index in [-0.39, 0.29) is 17.4 Å². The summed E-state index contributed by atoms with van der Waals surface area (Å²) in [6, 6.07) is 10.5. The number of hydrogen-bond donors (Lipinski definition) is 1. The number of carbonyl (C=O) groups excluding carboxylic acids is 1. The second-order valence-corrected chi connectivity index (χ2v) is 6.22. The molecule has 112 valence electrons. The van der Waals surface area contributed by atoms with Crippen LogP contribution in [0, 0.1) is 0 Å². The van der Waals surface area contributed by atoms with Crippen LogP contribution in [0.15, 0.2) is 42.9 Å². The van der Waals surface area contributed by atoms with E-state index in [0.29, 0.717) is 5.69 Å². The number of amides is 1. The van der Waals surface area contributed by atoms with Gasteiger partial charge in [-0.2, -0.15) is 0 Å². The van der Waals surface area contributed by atoms with E-state index in [2.05, 4.69) is 48.4 Å². The predicted molar refractivity (Wildman–Crippen MR) is 84.2 cm³/mol. The lowest BCUT2D eigenvalue weighted by Gasteiger charge is -2.29. The van der Waals surface area contributed by atoms with Crippen LogP contribution >= 0.6 is 0 Å². The number of nitrogens with one attached hydrogen (secondary N) is 1. The third kappa shape index (κ3) is 3.72. The molecule has 0 bridgehead atoms. The molecule has 0 aliphatic carbocycles. The van der Waals surface area contributed by atoms with Crippen LogP contribution in [0.1, 0.15) is 43.2 Å². The van der Waals surface area contributed by atoms with Crippen molar-refractivity contribution < 1.29 is 4.79 Å². The smallest absolute Gasteiger partial charge is 0.269 e. The summed E-state index contributed by atoms with van der Waals surface area (Å²) in [7, 11) is 1.82. The topological polar surface area (TPSA) is 46.9 Å². The Labute approximate surface area is 126 Å². The Balaban J connectivity index is 2.00. The Morgan fingerprint density at radius 3 is 2.57 bits per heavy atom. The molecule has 2 rings (SSSR count). The maximum atomic E-state index is 12.2. The van der Waals surface area contributed by atoms with Crippen molar-refractivity contribution in [2.75, 3.05) is 0 Å². The summed E-state index contributed by atoms with van der Waals surface area (Å²) in [5.41, 5.74) is 1.88. The minimum Gasteiger partial charge on any atom is -0.348 e. The van der Waals surface area contributed by atoms with Gasteiger partial charge in [-0.1, -0.05) is 44.2 Å². The molecule has 1 atom stereocenters. The Kier molecular flexibility index (Phi) is 4.46. The van der Waals surface area contributed by atoms with Gasteiger partial charge >= 0.3 is 0 Å². The quantitative estimate of drug-likeness (QED) is 0.918. The highest BCUT2D eigenvalue weighted by Gasteiger charge is 2.24. The summed E-state index contributed by atoms with van der Waals surface area (Å²) in [4.78, 5) is 16.2. The minimum atomic E-state index is -0.0774. The van der Waals surface area contributed by atoms with Gasteiger partial charge in [0.2, 0.25) is 0 Å². The van der Waals surface area contributed by atoms with Gasteiger partial charge in [0, 0.05) is 13.1 Å². The van der Waals surface area contributed by atoms with Crippen molar-refractivity contribution in [2.24, 2.45) is 7.05 Å². The van der Waals surface area contributed by atoms with Crippen LogP contribution in [0.2, 0.25) is 0 Å². The van der Waals surface area contributed by atoms with Crippen LogP contribution in [0.4, 0.5) is 0 Å². The van der Waals surface area contributed by atoms with E-state index in [4.69, 9.17) is 0 Å². The first kappa shape index (κ1) is 15.3. The molecule has 1 N–H and O–H groups in total. The largest absolute Gasteiger partial charge is 0.348 e. The summed E-state index contributed by atoms with van der Waals surface area (Å²) in [5, 5.41) is 3.05. The van der Waals surface area contributed by atoms with E-state index < -0.39 is 0 Å². The normalized spacial score (nSPS) is 13.0. The van der Waals surface area contributed by atoms with Gasteiger partial charge in [-0.05, 0) is 24.3 Å². The molecule has 21 heavy (non-hydrogen) atoms. The first-order valence-electron chi connectivity index (χ1n) is 7.23. The van der Waals surface area contributed by atoms with Gasteiger partial charge in [0.15, 0.2) is 0 Å². The fourth-order valence-electron chi connectivity index (χ4n) is 2.70. The third-order valence-corrected chi connectivity index (χ3v) is 3.80. The average Bonchev–Trinajstić information content (AvgIpc) is 2.85. The lowest BCUT2D eigenvalue weighted by molar-refractivity contribution is 0.0926. The Bertz CT molecular complexity index is 602. The Hall–Kier alpha value is -2.10. The van der Waals surface area contributed by atoms with Crippen molar-refractivity contribution in [3.63, 3.8) is 0 Å². The molecule has 1 heterocycles. The number of benzene rings is 1. The number of aryl methyl sites for hydroxylation is 1. The minimum absolute atomic E-state index is 0.0143. The summed E-state index contributed by atoms with van der Waals surface area (Å²) in [6.45, 7) is 6.45. The second-order valence-electron chi connectivity index (χ2n) is 6.22. The highest BCUT2D eigenvalue weighted by atomic mass is 16.2. The van der Waals surface area contributed by atoms with Crippen molar-refractivity contribution in [1.82, 2.24) is 14.9 Å². The third-order valence-electron chi connectivity index (χ3n) is 3.80. The molecule has 0 spiro atoms. The summed E-state index contributed by atoms with van der Waals surface area (Å²) >= 11 is 0. The van der Waals surface area contributed by atoms with Gasteiger partial charge in [0.05, 0.1) is 12.5 Å². The standard InChI is InChI=1S/C17H23N3O/c1-13(19-16(21)15-11-18-12-20(15)4)10-17(2,3)14-8-6-5-7-9-14/h5-9,11-13H,10H2,1-4H3,(H,19,21)/t13-/m0/s1. The number of imidazole rings is 1. The monoisotopic (exact) mass is 285 g/mol. The van der Waals surface area contributed by atoms with Crippen molar-refractivity contribution in [2.45, 2.75) is 38.6 Å². The molecule has 1 aromatic carbocycles. The van der Waals surface area contributed by atoms with Crippen LogP contribution in [0.25, 0.3) is 0 Å². The molecule has 4 nitrogen and oxygen atoms in total. The molecule has 4 heteroatoms. The number of hydrogen-bond acceptors (Lipinski definition) is 2. The fourth-order valence-corrected chi connectivity index (χ4v) is 2.70. The van der Waals surface area contributed by atoms with E-state index in [9.17, 15) is 4.79 Å². The number of carbonyl (C=O) groups is 1. The zero-order chi connectivity index (χ0) is 15.5. The first-order valence-corrected chi connectivity index (χ1v) is 7.23. The molecule has 2 aromatic rings. The first-order chi connectivity index (χ1) is 9.90. The SMILES string of the molecule is C[C@@H](CC(C)(C)c1ccccc1)NC(=O)c1cncn1C. The fraction of sp³-hybridized carbons (Fsp3) is 0.412. The summed E-state index contributed by atoms with van der Waals surface area (Å²) in [5.74, 6) is -0.0774. The van der Waals surface area contributed by atoms with Gasteiger partial charge < -0.3 is 9.88 Å². The molecule has 0 aliphatic heterocycles. The lowest BCUT2D eigenvalue weighted by atomic mass is 9.79. The molecule has 1 aromatic heterocycles. The maximum Gasteiger partial charge on any atom is 0.269 e. The number of nitrogens with zero attached hydrogens (tertiary/aromatic N) is 2. The Morgan fingerprint density at radius 1 is 1.33 bits per heavy atom. The van der Waals surface area contributed by atoms with Crippen LogP contribution in [-0.4, -0.2) is 21.5 Å². The molecule has 0 saturated heterocycles. The predicted octanol–water partition coefficient (Wildman–Crippen LogP) is 2.91. The maximum absolute atomic E-state index is 12.2.